The molecule has 1 aliphatic heterocycles. The number of halogens is 1. The van der Waals surface area contributed by atoms with Crippen molar-refractivity contribution in [2.24, 2.45) is 11.0 Å². The summed E-state index contributed by atoms with van der Waals surface area (Å²) in [6.07, 6.45) is 0. The first-order valence-corrected chi connectivity index (χ1v) is 8.78. The Balaban J connectivity index is 1.74. The van der Waals surface area contributed by atoms with Gasteiger partial charge in [-0.3, -0.25) is 9.59 Å². The summed E-state index contributed by atoms with van der Waals surface area (Å²) in [6.45, 7) is 2.27. The smallest absolute Gasteiger partial charge is 0.253 e. The molecule has 1 saturated heterocycles. The third-order valence-electron chi connectivity index (χ3n) is 4.29. The van der Waals surface area contributed by atoms with Gasteiger partial charge < -0.3 is 5.32 Å². The average molecular weight is 400 g/mol. The number of hydrogen-bond donors (Lipinski definition) is 2. The second-order valence-corrected chi connectivity index (χ2v) is 6.84. The Hall–Kier alpha value is -2.47. The van der Waals surface area contributed by atoms with Crippen LogP contribution in [0.15, 0.2) is 64.2 Å². The summed E-state index contributed by atoms with van der Waals surface area (Å²) in [5.74, 6) is -1.61. The van der Waals surface area contributed by atoms with Crippen LogP contribution in [0.5, 0.6) is 0 Å². The summed E-state index contributed by atoms with van der Waals surface area (Å²) in [5, 5.41) is 6.92. The third kappa shape index (κ3) is 3.96. The van der Waals surface area contributed by atoms with E-state index in [0.29, 0.717) is 12.3 Å². The van der Waals surface area contributed by atoms with Crippen LogP contribution in [0.1, 0.15) is 24.0 Å². The number of amides is 2. The van der Waals surface area contributed by atoms with Gasteiger partial charge in [0.05, 0.1) is 5.71 Å². The molecule has 0 aromatic heterocycles. The van der Waals surface area contributed by atoms with E-state index in [1.165, 1.54) is 0 Å². The normalized spacial score (nSPS) is 20.2. The van der Waals surface area contributed by atoms with Crippen molar-refractivity contribution in [3.05, 3.63) is 70.2 Å². The third-order valence-corrected chi connectivity index (χ3v) is 4.82. The SMILES string of the molecule is C/C(=N\NC(=O)[C@@H]1C(=O)NC[C@H]1c1ccccc1)c1ccc(Br)cc1. The molecule has 2 aromatic rings. The molecule has 128 valence electrons. The molecule has 2 atom stereocenters. The van der Waals surface area contributed by atoms with Crippen molar-refractivity contribution in [3.8, 4) is 0 Å². The lowest BCUT2D eigenvalue weighted by Gasteiger charge is -2.15. The number of rotatable bonds is 4. The van der Waals surface area contributed by atoms with Crippen LogP contribution in [-0.4, -0.2) is 24.1 Å². The molecule has 1 fully saturated rings. The number of nitrogens with one attached hydrogen (secondary N) is 2. The summed E-state index contributed by atoms with van der Waals surface area (Å²) in [6, 6.07) is 17.2. The van der Waals surface area contributed by atoms with E-state index in [4.69, 9.17) is 0 Å². The van der Waals surface area contributed by atoms with Gasteiger partial charge in [-0.1, -0.05) is 58.4 Å². The zero-order valence-corrected chi connectivity index (χ0v) is 15.3. The van der Waals surface area contributed by atoms with Crippen LogP contribution in [0.25, 0.3) is 0 Å². The van der Waals surface area contributed by atoms with Gasteiger partial charge in [-0.2, -0.15) is 5.10 Å². The first-order valence-electron chi connectivity index (χ1n) is 7.99. The van der Waals surface area contributed by atoms with Gasteiger partial charge in [-0.05, 0) is 30.2 Å². The molecule has 5 nitrogen and oxygen atoms in total. The average Bonchev–Trinajstić information content (AvgIpc) is 3.02. The molecular weight excluding hydrogens is 382 g/mol. The Labute approximate surface area is 154 Å². The Morgan fingerprint density at radius 2 is 1.84 bits per heavy atom. The molecule has 0 bridgehead atoms. The lowest BCUT2D eigenvalue weighted by Crippen LogP contribution is -2.35. The topological polar surface area (TPSA) is 70.6 Å². The highest BCUT2D eigenvalue weighted by Crippen LogP contribution is 2.29. The maximum Gasteiger partial charge on any atom is 0.253 e. The highest BCUT2D eigenvalue weighted by Gasteiger charge is 2.40. The van der Waals surface area contributed by atoms with E-state index in [-0.39, 0.29) is 17.7 Å². The summed E-state index contributed by atoms with van der Waals surface area (Å²) >= 11 is 3.38. The molecule has 2 aromatic carbocycles. The molecule has 0 spiro atoms. The van der Waals surface area contributed by atoms with E-state index in [1.54, 1.807) is 0 Å². The van der Waals surface area contributed by atoms with E-state index < -0.39 is 5.92 Å². The second-order valence-electron chi connectivity index (χ2n) is 5.92. The minimum absolute atomic E-state index is 0.183. The fourth-order valence-electron chi connectivity index (χ4n) is 2.90. The van der Waals surface area contributed by atoms with E-state index in [1.807, 2.05) is 61.5 Å². The molecule has 1 aliphatic rings. The van der Waals surface area contributed by atoms with Crippen molar-refractivity contribution in [2.75, 3.05) is 6.54 Å². The van der Waals surface area contributed by atoms with E-state index >= 15 is 0 Å². The predicted molar refractivity (Wildman–Crippen MR) is 100 cm³/mol. The van der Waals surface area contributed by atoms with Crippen LogP contribution >= 0.6 is 15.9 Å². The number of hydrogen-bond acceptors (Lipinski definition) is 3. The monoisotopic (exact) mass is 399 g/mol. The van der Waals surface area contributed by atoms with Gasteiger partial charge in [0.25, 0.3) is 5.91 Å². The Morgan fingerprint density at radius 1 is 1.16 bits per heavy atom. The molecule has 3 rings (SSSR count). The lowest BCUT2D eigenvalue weighted by atomic mass is 9.88. The molecule has 1 heterocycles. The number of benzene rings is 2. The van der Waals surface area contributed by atoms with E-state index in [9.17, 15) is 9.59 Å². The van der Waals surface area contributed by atoms with Gasteiger partial charge in [0, 0.05) is 16.9 Å². The van der Waals surface area contributed by atoms with Crippen molar-refractivity contribution < 1.29 is 9.59 Å². The van der Waals surface area contributed by atoms with Gasteiger partial charge in [0.2, 0.25) is 5.91 Å². The predicted octanol–water partition coefficient (Wildman–Crippen LogP) is 2.82. The van der Waals surface area contributed by atoms with Gasteiger partial charge in [0.1, 0.15) is 5.92 Å². The summed E-state index contributed by atoms with van der Waals surface area (Å²) in [5.41, 5.74) is 5.09. The molecule has 6 heteroatoms. The largest absolute Gasteiger partial charge is 0.355 e. The van der Waals surface area contributed by atoms with E-state index in [0.717, 1.165) is 15.6 Å². The Bertz CT molecular complexity index is 803. The molecule has 2 N–H and O–H groups in total. The Morgan fingerprint density at radius 3 is 2.52 bits per heavy atom. The molecule has 25 heavy (non-hydrogen) atoms. The van der Waals surface area contributed by atoms with Crippen molar-refractivity contribution in [2.45, 2.75) is 12.8 Å². The van der Waals surface area contributed by atoms with Crippen molar-refractivity contribution in [1.29, 1.82) is 0 Å². The molecule has 2 amide bonds. The zero-order chi connectivity index (χ0) is 17.8. The number of nitrogens with zero attached hydrogens (tertiary/aromatic N) is 1. The van der Waals surface area contributed by atoms with E-state index in [2.05, 4.69) is 31.8 Å². The first-order chi connectivity index (χ1) is 12.1. The van der Waals surface area contributed by atoms with Crippen LogP contribution in [-0.2, 0) is 9.59 Å². The fraction of sp³-hybridized carbons (Fsp3) is 0.211. The molecule has 0 aliphatic carbocycles. The fourth-order valence-corrected chi connectivity index (χ4v) is 3.16. The first kappa shape index (κ1) is 17.4. The van der Waals surface area contributed by atoms with Crippen molar-refractivity contribution >= 4 is 33.5 Å². The highest BCUT2D eigenvalue weighted by atomic mass is 79.9. The quantitative estimate of drug-likeness (QED) is 0.471. The molecule has 0 radical (unpaired) electrons. The maximum absolute atomic E-state index is 12.5. The number of carbonyl (C=O) groups excluding carboxylic acids is 2. The van der Waals surface area contributed by atoms with Gasteiger partial charge >= 0.3 is 0 Å². The number of carbonyl (C=O) groups is 2. The van der Waals surface area contributed by atoms with Gasteiger partial charge in [0.15, 0.2) is 0 Å². The Kier molecular flexibility index (Phi) is 5.28. The molecule has 0 unspecified atom stereocenters. The molecule has 0 saturated carbocycles. The van der Waals surface area contributed by atoms with Crippen molar-refractivity contribution in [3.63, 3.8) is 0 Å². The van der Waals surface area contributed by atoms with Crippen LogP contribution < -0.4 is 10.7 Å². The zero-order valence-electron chi connectivity index (χ0n) is 13.7. The summed E-state index contributed by atoms with van der Waals surface area (Å²) < 4.78 is 0.974. The summed E-state index contributed by atoms with van der Waals surface area (Å²) in [4.78, 5) is 24.7. The standard InChI is InChI=1S/C19H18BrN3O2/c1-12(13-7-9-15(20)10-8-13)22-23-19(25)17-16(11-21-18(17)24)14-5-3-2-4-6-14/h2-10,16-17H,11H2,1H3,(H,21,24)(H,23,25)/b22-12+/t16-,17-/m0/s1. The molecular formula is C19H18BrN3O2. The van der Waals surface area contributed by atoms with Gasteiger partial charge in [-0.25, -0.2) is 5.43 Å². The van der Waals surface area contributed by atoms with Crippen LogP contribution in [0.3, 0.4) is 0 Å². The van der Waals surface area contributed by atoms with Crippen molar-refractivity contribution in [1.82, 2.24) is 10.7 Å². The van der Waals surface area contributed by atoms with Gasteiger partial charge in [-0.15, -0.1) is 0 Å². The minimum atomic E-state index is -0.774. The maximum atomic E-state index is 12.5. The second kappa shape index (κ2) is 7.61. The minimum Gasteiger partial charge on any atom is -0.355 e. The number of hydrazone groups is 1. The lowest BCUT2D eigenvalue weighted by molar-refractivity contribution is -0.133. The van der Waals surface area contributed by atoms with Crippen LogP contribution in [0.4, 0.5) is 0 Å². The summed E-state index contributed by atoms with van der Waals surface area (Å²) in [7, 11) is 0. The van der Waals surface area contributed by atoms with Crippen LogP contribution in [0, 0.1) is 5.92 Å². The highest BCUT2D eigenvalue weighted by molar-refractivity contribution is 9.10. The van der Waals surface area contributed by atoms with Crippen LogP contribution in [0.2, 0.25) is 0 Å².